The van der Waals surface area contributed by atoms with Gasteiger partial charge in [-0.3, -0.25) is 0 Å². The van der Waals surface area contributed by atoms with Crippen LogP contribution in [0.1, 0.15) is 33.3 Å². The van der Waals surface area contributed by atoms with Crippen molar-refractivity contribution in [1.82, 2.24) is 0 Å². The molecule has 142 valence electrons. The number of carbonyl (C=O) groups excluding carboxylic acids is 1. The van der Waals surface area contributed by atoms with E-state index in [0.717, 1.165) is 33.9 Å². The number of benzene rings is 1. The second-order valence-electron chi connectivity index (χ2n) is 5.80. The van der Waals surface area contributed by atoms with Crippen LogP contribution in [0.2, 0.25) is 0 Å². The number of thioether (sulfide) groups is 1. The van der Waals surface area contributed by atoms with E-state index in [9.17, 15) is 13.2 Å². The van der Waals surface area contributed by atoms with Crippen LogP contribution in [0.5, 0.6) is 0 Å². The number of carbonyl (C=O) groups is 1. The van der Waals surface area contributed by atoms with Crippen LogP contribution >= 0.6 is 23.1 Å². The van der Waals surface area contributed by atoms with E-state index in [0.29, 0.717) is 10.6 Å². The Labute approximate surface area is 166 Å². The summed E-state index contributed by atoms with van der Waals surface area (Å²) in [6.45, 7) is 3.87. The highest BCUT2D eigenvalue weighted by molar-refractivity contribution is 7.98. The van der Waals surface area contributed by atoms with Crippen molar-refractivity contribution in [2.45, 2.75) is 30.9 Å². The average Bonchev–Trinajstić information content (AvgIpc) is 3.00. The van der Waals surface area contributed by atoms with Gasteiger partial charge in [-0.15, -0.1) is 11.3 Å². The van der Waals surface area contributed by atoms with Crippen molar-refractivity contribution in [1.29, 1.82) is 0 Å². The van der Waals surface area contributed by atoms with Crippen LogP contribution in [0.3, 0.4) is 0 Å². The Hall–Kier alpha value is -1.93. The third-order valence-electron chi connectivity index (χ3n) is 3.91. The topological polar surface area (TPSA) is 85.2 Å². The molecule has 6 nitrogen and oxygen atoms in total. The predicted octanol–water partition coefficient (Wildman–Crippen LogP) is 4.22. The number of hydrogen-bond acceptors (Lipinski definition) is 7. The van der Waals surface area contributed by atoms with Crippen LogP contribution in [0, 0.1) is 6.92 Å². The molecule has 0 unspecified atom stereocenters. The lowest BCUT2D eigenvalue weighted by Gasteiger charge is -2.11. The molecule has 0 radical (unpaired) electrons. The second-order valence-corrected chi connectivity index (χ2v) is 9.59. The summed E-state index contributed by atoms with van der Waals surface area (Å²) in [5.74, 6) is 1.29. The summed E-state index contributed by atoms with van der Waals surface area (Å²) < 4.78 is 33.2. The van der Waals surface area contributed by atoms with Crippen molar-refractivity contribution >= 4 is 50.1 Å². The highest BCUT2D eigenvalue weighted by atomic mass is 32.2. The lowest BCUT2D eigenvalue weighted by atomic mass is 10.1. The Morgan fingerprint density at radius 2 is 2.04 bits per heavy atom. The summed E-state index contributed by atoms with van der Waals surface area (Å²) in [5, 5.41) is 0.392. The van der Waals surface area contributed by atoms with Crippen molar-refractivity contribution in [3.63, 3.8) is 0 Å². The maximum atomic E-state index is 12.4. The lowest BCUT2D eigenvalue weighted by Crippen LogP contribution is -2.09. The molecule has 3 rings (SSSR count). The summed E-state index contributed by atoms with van der Waals surface area (Å²) in [6, 6.07) is 8.63. The molecule has 0 N–H and O–H groups in total. The SMILES string of the molecule is CCOC(=O)c1c(N=C=NS(=O)(=O)c2ccc(C)cc2)sc2c1CCSC2. The molecule has 1 aromatic carbocycles. The Morgan fingerprint density at radius 3 is 2.74 bits per heavy atom. The summed E-state index contributed by atoms with van der Waals surface area (Å²) in [7, 11) is -3.89. The van der Waals surface area contributed by atoms with Gasteiger partial charge >= 0.3 is 5.97 Å². The number of rotatable bonds is 5. The molecule has 0 spiro atoms. The summed E-state index contributed by atoms with van der Waals surface area (Å²) in [5.41, 5.74) is 2.31. The first kappa shape index (κ1) is 19.8. The minimum Gasteiger partial charge on any atom is -0.462 e. The Balaban J connectivity index is 1.96. The van der Waals surface area contributed by atoms with E-state index in [1.54, 1.807) is 30.8 Å². The van der Waals surface area contributed by atoms with E-state index in [-0.39, 0.29) is 11.5 Å². The van der Waals surface area contributed by atoms with Gasteiger partial charge in [0.1, 0.15) is 16.6 Å². The van der Waals surface area contributed by atoms with E-state index in [2.05, 4.69) is 15.4 Å². The number of aryl methyl sites for hydroxylation is 1. The summed E-state index contributed by atoms with van der Waals surface area (Å²) in [6.07, 6.45) is 0.763. The maximum Gasteiger partial charge on any atom is 0.341 e. The third-order valence-corrected chi connectivity index (χ3v) is 7.40. The van der Waals surface area contributed by atoms with Gasteiger partial charge in [-0.25, -0.2) is 4.79 Å². The summed E-state index contributed by atoms with van der Waals surface area (Å²) in [4.78, 5) is 17.5. The van der Waals surface area contributed by atoms with Gasteiger partial charge in [0.05, 0.1) is 11.5 Å². The van der Waals surface area contributed by atoms with Gasteiger partial charge in [-0.2, -0.15) is 25.2 Å². The van der Waals surface area contributed by atoms with Crippen molar-refractivity contribution in [3.05, 3.63) is 45.8 Å². The molecule has 2 heterocycles. The van der Waals surface area contributed by atoms with E-state index in [4.69, 9.17) is 4.74 Å². The molecule has 0 fully saturated rings. The zero-order valence-corrected chi connectivity index (χ0v) is 17.3. The second kappa shape index (κ2) is 8.39. The largest absolute Gasteiger partial charge is 0.462 e. The molecule has 27 heavy (non-hydrogen) atoms. The number of sulfonamides is 1. The van der Waals surface area contributed by atoms with Gasteiger partial charge < -0.3 is 4.74 Å². The number of aliphatic imine (C=N–C) groups is 1. The van der Waals surface area contributed by atoms with Gasteiger partial charge in [0.15, 0.2) is 0 Å². The van der Waals surface area contributed by atoms with Crippen molar-refractivity contribution in [2.75, 3.05) is 12.4 Å². The van der Waals surface area contributed by atoms with Gasteiger partial charge in [-0.1, -0.05) is 22.1 Å². The third kappa shape index (κ3) is 4.50. The number of esters is 1. The first-order chi connectivity index (χ1) is 12.9. The minimum absolute atomic E-state index is 0.0725. The van der Waals surface area contributed by atoms with E-state index in [1.165, 1.54) is 23.5 Å². The zero-order chi connectivity index (χ0) is 19.4. The highest BCUT2D eigenvalue weighted by Gasteiger charge is 2.26. The molecule has 0 saturated carbocycles. The van der Waals surface area contributed by atoms with Gasteiger partial charge in [0, 0.05) is 10.6 Å². The van der Waals surface area contributed by atoms with Crippen LogP contribution in [0.4, 0.5) is 5.00 Å². The maximum absolute atomic E-state index is 12.4. The minimum atomic E-state index is -3.89. The molecule has 0 saturated heterocycles. The van der Waals surface area contributed by atoms with Crippen LogP contribution in [-0.4, -0.2) is 32.8 Å². The molecule has 1 aliphatic rings. The molecule has 0 aliphatic carbocycles. The molecular formula is C18H18N2O4S3. The van der Waals surface area contributed by atoms with Gasteiger partial charge in [-0.05, 0) is 43.7 Å². The highest BCUT2D eigenvalue weighted by Crippen LogP contribution is 2.41. The van der Waals surface area contributed by atoms with Crippen LogP contribution in [0.25, 0.3) is 0 Å². The molecule has 1 aromatic heterocycles. The first-order valence-electron chi connectivity index (χ1n) is 8.31. The van der Waals surface area contributed by atoms with Crippen molar-refractivity contribution in [3.8, 4) is 0 Å². The smallest absolute Gasteiger partial charge is 0.341 e. The van der Waals surface area contributed by atoms with E-state index < -0.39 is 16.0 Å². The number of nitrogens with zero attached hydrogens (tertiary/aromatic N) is 2. The summed E-state index contributed by atoms with van der Waals surface area (Å²) >= 11 is 3.15. The van der Waals surface area contributed by atoms with Crippen molar-refractivity contribution < 1.29 is 17.9 Å². The van der Waals surface area contributed by atoms with Crippen LogP contribution in [-0.2, 0) is 26.9 Å². The molecule has 0 atom stereocenters. The molecule has 0 bridgehead atoms. The Kier molecular flexibility index (Phi) is 6.16. The van der Waals surface area contributed by atoms with Crippen molar-refractivity contribution in [2.24, 2.45) is 9.39 Å². The molecule has 2 aromatic rings. The van der Waals surface area contributed by atoms with Crippen LogP contribution in [0.15, 0.2) is 38.6 Å². The van der Waals surface area contributed by atoms with E-state index in [1.807, 2.05) is 6.92 Å². The lowest BCUT2D eigenvalue weighted by molar-refractivity contribution is 0.0526. The quantitative estimate of drug-likeness (QED) is 0.532. The van der Waals surface area contributed by atoms with Crippen LogP contribution < -0.4 is 0 Å². The fraction of sp³-hybridized carbons (Fsp3) is 0.333. The Bertz CT molecular complexity index is 1020. The molecule has 1 aliphatic heterocycles. The fourth-order valence-corrected chi connectivity index (χ4v) is 5.62. The molecule has 9 heteroatoms. The molecule has 0 amide bonds. The molecular weight excluding hydrogens is 404 g/mol. The zero-order valence-electron chi connectivity index (χ0n) is 14.9. The predicted molar refractivity (Wildman–Crippen MR) is 108 cm³/mol. The Morgan fingerprint density at radius 1 is 1.30 bits per heavy atom. The number of fused-ring (bicyclic) bond motifs is 1. The monoisotopic (exact) mass is 422 g/mol. The average molecular weight is 423 g/mol. The van der Waals surface area contributed by atoms with Gasteiger partial charge in [0.25, 0.3) is 10.0 Å². The number of thiophene rings is 1. The van der Waals surface area contributed by atoms with Gasteiger partial charge in [0.2, 0.25) is 0 Å². The van der Waals surface area contributed by atoms with E-state index >= 15 is 0 Å². The first-order valence-corrected chi connectivity index (χ1v) is 11.7. The standard InChI is InChI=1S/C18H18N2O4S3/c1-3-24-18(21)16-14-8-9-25-10-15(14)26-17(16)19-11-20-27(22,23)13-6-4-12(2)5-7-13/h4-7H,3,8-10H2,1-2H3. The fourth-order valence-electron chi connectivity index (χ4n) is 2.59. The number of hydrogen-bond donors (Lipinski definition) is 0. The normalized spacial score (nSPS) is 13.4. The number of ether oxygens (including phenoxy) is 1.